The van der Waals surface area contributed by atoms with E-state index >= 15 is 0 Å². The van der Waals surface area contributed by atoms with Gasteiger partial charge in [0.1, 0.15) is 36.2 Å². The molecule has 1 aliphatic heterocycles. The topological polar surface area (TPSA) is 71.4 Å². The van der Waals surface area contributed by atoms with Crippen molar-refractivity contribution < 1.29 is 9.72 Å². The number of aromatic nitrogens is 4. The van der Waals surface area contributed by atoms with Crippen molar-refractivity contribution in [2.45, 2.75) is 0 Å². The highest BCUT2D eigenvalue weighted by molar-refractivity contribution is 6.11. The lowest BCUT2D eigenvalue weighted by Gasteiger charge is -2.31. The van der Waals surface area contributed by atoms with Gasteiger partial charge in [0.2, 0.25) is 0 Å². The van der Waals surface area contributed by atoms with Crippen molar-refractivity contribution in [1.29, 1.82) is 0 Å². The molecule has 7 heteroatoms. The van der Waals surface area contributed by atoms with Crippen LogP contribution in [-0.2, 0) is 0 Å². The Labute approximate surface area is 156 Å². The van der Waals surface area contributed by atoms with E-state index < -0.39 is 0 Å². The molecule has 4 heterocycles. The first-order chi connectivity index (χ1) is 13.3. The largest absolute Gasteiger partial charge is 0.496 e. The Morgan fingerprint density at radius 3 is 2.63 bits per heavy atom. The molecule has 0 bridgehead atoms. The van der Waals surface area contributed by atoms with Gasteiger partial charge in [-0.1, -0.05) is 12.1 Å². The van der Waals surface area contributed by atoms with Gasteiger partial charge < -0.3 is 14.6 Å². The molecule has 5 rings (SSSR count). The van der Waals surface area contributed by atoms with Crippen LogP contribution < -0.4 is 19.5 Å². The quantitative estimate of drug-likeness (QED) is 0.606. The smallest absolute Gasteiger partial charge is 0.274 e. The zero-order chi connectivity index (χ0) is 18.2. The van der Waals surface area contributed by atoms with E-state index in [2.05, 4.69) is 41.9 Å². The molecule has 0 radical (unpaired) electrons. The number of pyridine rings is 1. The number of hydrogen-bond donors (Lipinski definition) is 1. The predicted octanol–water partition coefficient (Wildman–Crippen LogP) is 2.26. The van der Waals surface area contributed by atoms with Gasteiger partial charge in [0, 0.05) is 6.07 Å². The van der Waals surface area contributed by atoms with E-state index in [1.807, 2.05) is 30.5 Å². The third-order valence-electron chi connectivity index (χ3n) is 5.18. The maximum Gasteiger partial charge on any atom is 0.274 e. The monoisotopic (exact) mass is 361 g/mol. The third kappa shape index (κ3) is 2.63. The molecule has 1 saturated heterocycles. The summed E-state index contributed by atoms with van der Waals surface area (Å²) in [5.41, 5.74) is 2.90. The molecule has 0 amide bonds. The van der Waals surface area contributed by atoms with E-state index in [1.54, 1.807) is 13.4 Å². The van der Waals surface area contributed by atoms with Gasteiger partial charge in [-0.05, 0) is 18.2 Å². The van der Waals surface area contributed by atoms with Crippen molar-refractivity contribution in [2.24, 2.45) is 0 Å². The summed E-state index contributed by atoms with van der Waals surface area (Å²) in [5, 5.41) is 1.01. The maximum absolute atomic E-state index is 5.54. The maximum atomic E-state index is 5.54. The number of aromatic amines is 2. The number of nitrogens with one attached hydrogen (secondary N) is 2. The molecule has 1 aromatic carbocycles. The highest BCUT2D eigenvalue weighted by Crippen LogP contribution is 2.35. The standard InChI is InChI=1S/C20H20N6O/c1-27-15-6-4-5-14-17(15)18-19(24-14)20(23-13-22-18)26-11-9-25(10-12-26)16-7-2-3-8-21-16/h2-8,13,24H,9-12H2,1H3/p+1. The fraction of sp³-hybridized carbons (Fsp3) is 0.250. The number of fused-ring (bicyclic) bond motifs is 3. The second-order valence-corrected chi connectivity index (χ2v) is 6.65. The van der Waals surface area contributed by atoms with Gasteiger partial charge in [-0.15, -0.1) is 0 Å². The average molecular weight is 361 g/mol. The van der Waals surface area contributed by atoms with Crippen LogP contribution in [0, 0.1) is 0 Å². The molecule has 136 valence electrons. The van der Waals surface area contributed by atoms with Crippen molar-refractivity contribution in [3.63, 3.8) is 0 Å². The first-order valence-electron chi connectivity index (χ1n) is 9.11. The van der Waals surface area contributed by atoms with Crippen LogP contribution in [0.4, 0.5) is 11.6 Å². The number of H-pyrrole nitrogens is 2. The summed E-state index contributed by atoms with van der Waals surface area (Å²) < 4.78 is 5.54. The minimum Gasteiger partial charge on any atom is -0.496 e. The Hall–Kier alpha value is -3.35. The molecule has 0 saturated carbocycles. The van der Waals surface area contributed by atoms with Crippen molar-refractivity contribution in [3.8, 4) is 5.75 Å². The van der Waals surface area contributed by atoms with Crippen LogP contribution >= 0.6 is 0 Å². The van der Waals surface area contributed by atoms with Gasteiger partial charge in [0.05, 0.1) is 37.3 Å². The van der Waals surface area contributed by atoms with E-state index in [9.17, 15) is 0 Å². The number of ether oxygens (including phenoxy) is 1. The Morgan fingerprint density at radius 1 is 1.00 bits per heavy atom. The average Bonchev–Trinajstić information content (AvgIpc) is 3.13. The molecule has 3 aromatic heterocycles. The minimum absolute atomic E-state index is 0.827. The summed E-state index contributed by atoms with van der Waals surface area (Å²) in [7, 11) is 1.69. The van der Waals surface area contributed by atoms with Crippen LogP contribution in [0.1, 0.15) is 0 Å². The first kappa shape index (κ1) is 15.9. The molecule has 1 aliphatic rings. The van der Waals surface area contributed by atoms with Crippen molar-refractivity contribution in [1.82, 2.24) is 15.0 Å². The Kier molecular flexibility index (Phi) is 3.78. The highest BCUT2D eigenvalue weighted by atomic mass is 16.5. The van der Waals surface area contributed by atoms with Gasteiger partial charge in [-0.3, -0.25) is 4.90 Å². The lowest BCUT2D eigenvalue weighted by atomic mass is 10.2. The first-order valence-corrected chi connectivity index (χ1v) is 9.11. The van der Waals surface area contributed by atoms with E-state index in [4.69, 9.17) is 4.74 Å². The zero-order valence-corrected chi connectivity index (χ0v) is 15.1. The Balaban J connectivity index is 1.49. The number of piperazine rings is 1. The van der Waals surface area contributed by atoms with Crippen LogP contribution in [0.3, 0.4) is 0 Å². The molecule has 0 unspecified atom stereocenters. The second kappa shape index (κ2) is 6.42. The van der Waals surface area contributed by atoms with Crippen molar-refractivity contribution in [2.75, 3.05) is 43.1 Å². The fourth-order valence-corrected chi connectivity index (χ4v) is 3.84. The van der Waals surface area contributed by atoms with E-state index in [0.717, 1.165) is 65.5 Å². The molecular formula is C20H21N6O+. The van der Waals surface area contributed by atoms with Crippen LogP contribution in [0.2, 0.25) is 0 Å². The van der Waals surface area contributed by atoms with E-state index in [1.165, 1.54) is 0 Å². The Bertz CT molecular complexity index is 1090. The Morgan fingerprint density at radius 2 is 1.85 bits per heavy atom. The molecule has 4 aromatic rings. The predicted molar refractivity (Wildman–Crippen MR) is 105 cm³/mol. The van der Waals surface area contributed by atoms with Crippen LogP contribution in [0.5, 0.6) is 5.75 Å². The van der Waals surface area contributed by atoms with Gasteiger partial charge in [-0.25, -0.2) is 15.0 Å². The molecule has 27 heavy (non-hydrogen) atoms. The SMILES string of the molecule is COc1cccc2[nH]c3c(N4CCN(c5cccc[nH+]5)CC4)ncnc3c12. The molecule has 0 aliphatic carbocycles. The van der Waals surface area contributed by atoms with Gasteiger partial charge in [-0.2, -0.15) is 0 Å². The van der Waals surface area contributed by atoms with Crippen LogP contribution in [-0.4, -0.2) is 48.2 Å². The summed E-state index contributed by atoms with van der Waals surface area (Å²) in [5.74, 6) is 2.93. The highest BCUT2D eigenvalue weighted by Gasteiger charge is 2.26. The number of hydrogen-bond acceptors (Lipinski definition) is 5. The van der Waals surface area contributed by atoms with Crippen LogP contribution in [0.25, 0.3) is 21.9 Å². The number of methoxy groups -OCH3 is 1. The second-order valence-electron chi connectivity index (χ2n) is 6.65. The molecular weight excluding hydrogens is 340 g/mol. The number of anilines is 2. The molecule has 0 atom stereocenters. The van der Waals surface area contributed by atoms with Gasteiger partial charge in [0.15, 0.2) is 5.82 Å². The minimum atomic E-state index is 0.827. The number of benzene rings is 1. The van der Waals surface area contributed by atoms with E-state index in [-0.39, 0.29) is 0 Å². The summed E-state index contributed by atoms with van der Waals surface area (Å²) >= 11 is 0. The fourth-order valence-electron chi connectivity index (χ4n) is 3.84. The molecule has 2 N–H and O–H groups in total. The molecule has 0 spiro atoms. The van der Waals surface area contributed by atoms with Crippen LogP contribution in [0.15, 0.2) is 48.9 Å². The number of nitrogens with zero attached hydrogens (tertiary/aromatic N) is 4. The third-order valence-corrected chi connectivity index (χ3v) is 5.18. The summed E-state index contributed by atoms with van der Waals surface area (Å²) in [4.78, 5) is 20.6. The van der Waals surface area contributed by atoms with Crippen molar-refractivity contribution >= 4 is 33.6 Å². The van der Waals surface area contributed by atoms with E-state index in [0.29, 0.717) is 0 Å². The molecule has 1 fully saturated rings. The van der Waals surface area contributed by atoms with Crippen molar-refractivity contribution in [3.05, 3.63) is 48.9 Å². The lowest BCUT2D eigenvalue weighted by molar-refractivity contribution is -0.364. The molecule has 7 nitrogen and oxygen atoms in total. The van der Waals surface area contributed by atoms with Gasteiger partial charge in [0.25, 0.3) is 5.82 Å². The normalized spacial score (nSPS) is 14.9. The summed E-state index contributed by atoms with van der Waals surface area (Å²) in [6, 6.07) is 12.2. The lowest BCUT2D eigenvalue weighted by Crippen LogP contribution is -2.48. The summed E-state index contributed by atoms with van der Waals surface area (Å²) in [6.07, 6.45) is 3.61. The summed E-state index contributed by atoms with van der Waals surface area (Å²) in [6.45, 7) is 3.69. The zero-order valence-electron chi connectivity index (χ0n) is 15.1. The van der Waals surface area contributed by atoms with Gasteiger partial charge >= 0.3 is 0 Å². The number of rotatable bonds is 3.